The van der Waals surface area contributed by atoms with Gasteiger partial charge in [-0.25, -0.2) is 0 Å². The molecule has 100 valence electrons. The zero-order valence-corrected chi connectivity index (χ0v) is 11.2. The summed E-state index contributed by atoms with van der Waals surface area (Å²) in [5.41, 5.74) is 1.06. The predicted molar refractivity (Wildman–Crippen MR) is 73.4 cm³/mol. The molecule has 0 unspecified atom stereocenters. The van der Waals surface area contributed by atoms with Crippen LogP contribution >= 0.6 is 0 Å². The number of carbonyl (C=O) groups excluding carboxylic acids is 1. The fourth-order valence-electron chi connectivity index (χ4n) is 1.89. The zero-order valence-electron chi connectivity index (χ0n) is 11.2. The molecular weight excluding hydrogens is 226 g/mol. The second kappa shape index (κ2) is 7.88. The van der Waals surface area contributed by atoms with E-state index in [1.807, 2.05) is 37.3 Å². The van der Waals surface area contributed by atoms with E-state index >= 15 is 0 Å². The maximum atomic E-state index is 12.2. The van der Waals surface area contributed by atoms with Gasteiger partial charge in [-0.2, -0.15) is 0 Å². The molecule has 3 nitrogen and oxygen atoms in total. The molecule has 0 aliphatic rings. The largest absolute Gasteiger partial charge is 0.396 e. The third-order valence-corrected chi connectivity index (χ3v) is 3.03. The van der Waals surface area contributed by atoms with Crippen LogP contribution in [0.25, 0.3) is 0 Å². The summed E-state index contributed by atoms with van der Waals surface area (Å²) in [6, 6.07) is 9.87. The van der Waals surface area contributed by atoms with Gasteiger partial charge in [0.25, 0.3) is 0 Å². The van der Waals surface area contributed by atoms with Crippen LogP contribution in [0.2, 0.25) is 0 Å². The van der Waals surface area contributed by atoms with Crippen molar-refractivity contribution in [3.63, 3.8) is 0 Å². The molecule has 0 aromatic heterocycles. The lowest BCUT2D eigenvalue weighted by Gasteiger charge is -2.18. The van der Waals surface area contributed by atoms with Crippen molar-refractivity contribution in [1.82, 2.24) is 5.32 Å². The third kappa shape index (κ3) is 4.49. The molecule has 1 aromatic rings. The number of amides is 1. The van der Waals surface area contributed by atoms with Crippen molar-refractivity contribution in [3.05, 3.63) is 35.9 Å². The molecule has 0 heterocycles. The van der Waals surface area contributed by atoms with Crippen LogP contribution in [0.5, 0.6) is 0 Å². The minimum Gasteiger partial charge on any atom is -0.396 e. The van der Waals surface area contributed by atoms with Crippen molar-refractivity contribution in [1.29, 1.82) is 0 Å². The molecule has 0 saturated carbocycles. The Morgan fingerprint density at radius 2 is 2.00 bits per heavy atom. The summed E-state index contributed by atoms with van der Waals surface area (Å²) < 4.78 is 0. The van der Waals surface area contributed by atoms with E-state index in [1.165, 1.54) is 0 Å². The first-order valence-corrected chi connectivity index (χ1v) is 6.62. The fourth-order valence-corrected chi connectivity index (χ4v) is 1.89. The van der Waals surface area contributed by atoms with E-state index in [0.717, 1.165) is 18.4 Å². The highest BCUT2D eigenvalue weighted by atomic mass is 16.3. The van der Waals surface area contributed by atoms with Gasteiger partial charge in [0.15, 0.2) is 0 Å². The van der Waals surface area contributed by atoms with Crippen LogP contribution in [0.1, 0.15) is 38.2 Å². The average molecular weight is 249 g/mol. The molecule has 2 N–H and O–H groups in total. The Hall–Kier alpha value is -1.35. The zero-order chi connectivity index (χ0) is 13.4. The molecule has 0 saturated heterocycles. The summed E-state index contributed by atoms with van der Waals surface area (Å²) in [4.78, 5) is 12.2. The fraction of sp³-hybridized carbons (Fsp3) is 0.533. The number of rotatable bonds is 7. The first kappa shape index (κ1) is 14.7. The molecule has 1 rings (SSSR count). The van der Waals surface area contributed by atoms with E-state index in [1.54, 1.807) is 0 Å². The lowest BCUT2D eigenvalue weighted by Crippen LogP contribution is -2.33. The number of aliphatic hydroxyl groups is 1. The first-order valence-electron chi connectivity index (χ1n) is 6.62. The quantitative estimate of drug-likeness (QED) is 0.779. The van der Waals surface area contributed by atoms with E-state index < -0.39 is 0 Å². The van der Waals surface area contributed by atoms with Gasteiger partial charge in [0.1, 0.15) is 0 Å². The van der Waals surface area contributed by atoms with Gasteiger partial charge in [-0.3, -0.25) is 4.79 Å². The molecule has 2 atom stereocenters. The minimum absolute atomic E-state index is 0.0587. The summed E-state index contributed by atoms with van der Waals surface area (Å²) >= 11 is 0. The lowest BCUT2D eigenvalue weighted by molar-refractivity contribution is -0.122. The highest BCUT2D eigenvalue weighted by Crippen LogP contribution is 2.21. The van der Waals surface area contributed by atoms with Gasteiger partial charge in [-0.1, -0.05) is 50.6 Å². The molecule has 0 aliphatic carbocycles. The predicted octanol–water partition coefficient (Wildman–Crippen LogP) is 2.31. The van der Waals surface area contributed by atoms with Gasteiger partial charge in [-0.05, 0) is 17.9 Å². The van der Waals surface area contributed by atoms with Crippen molar-refractivity contribution in [2.45, 2.75) is 32.6 Å². The molecule has 0 bridgehead atoms. The average Bonchev–Trinajstić information content (AvgIpc) is 2.42. The van der Waals surface area contributed by atoms with Crippen molar-refractivity contribution < 1.29 is 9.90 Å². The Balaban J connectivity index is 2.64. The molecule has 0 fully saturated rings. The van der Waals surface area contributed by atoms with E-state index in [2.05, 4.69) is 12.2 Å². The van der Waals surface area contributed by atoms with Gasteiger partial charge < -0.3 is 10.4 Å². The second-order valence-electron chi connectivity index (χ2n) is 4.78. The van der Waals surface area contributed by atoms with Crippen LogP contribution in [-0.4, -0.2) is 24.2 Å². The van der Waals surface area contributed by atoms with Crippen LogP contribution in [0, 0.1) is 5.92 Å². The Labute approximate surface area is 109 Å². The topological polar surface area (TPSA) is 49.3 Å². The van der Waals surface area contributed by atoms with Gasteiger partial charge >= 0.3 is 0 Å². The maximum absolute atomic E-state index is 12.2. The number of hydrogen-bond acceptors (Lipinski definition) is 2. The highest BCUT2D eigenvalue weighted by Gasteiger charge is 2.19. The third-order valence-electron chi connectivity index (χ3n) is 3.03. The van der Waals surface area contributed by atoms with Crippen molar-refractivity contribution >= 4 is 5.91 Å². The van der Waals surface area contributed by atoms with E-state index in [0.29, 0.717) is 6.54 Å². The molecule has 1 amide bonds. The molecular formula is C15H23NO2. The van der Waals surface area contributed by atoms with Gasteiger partial charge in [-0.15, -0.1) is 0 Å². The van der Waals surface area contributed by atoms with Crippen LogP contribution in [-0.2, 0) is 4.79 Å². The summed E-state index contributed by atoms with van der Waals surface area (Å²) in [6.45, 7) is 4.63. The Kier molecular flexibility index (Phi) is 6.44. The first-order chi connectivity index (χ1) is 8.69. The SMILES string of the molecule is CCC[C@@H](C(=O)NC[C@@H](C)CO)c1ccccc1. The van der Waals surface area contributed by atoms with E-state index in [9.17, 15) is 4.79 Å². The van der Waals surface area contributed by atoms with Crippen LogP contribution in [0.4, 0.5) is 0 Å². The summed E-state index contributed by atoms with van der Waals surface area (Å²) in [5.74, 6) is 0.0810. The number of nitrogens with one attached hydrogen (secondary N) is 1. The Morgan fingerprint density at radius 1 is 1.33 bits per heavy atom. The number of benzene rings is 1. The normalized spacial score (nSPS) is 13.9. The van der Waals surface area contributed by atoms with Crippen LogP contribution < -0.4 is 5.32 Å². The van der Waals surface area contributed by atoms with Crippen molar-refractivity contribution in [3.8, 4) is 0 Å². The van der Waals surface area contributed by atoms with Crippen molar-refractivity contribution in [2.75, 3.05) is 13.2 Å². The van der Waals surface area contributed by atoms with Crippen LogP contribution in [0.15, 0.2) is 30.3 Å². The Morgan fingerprint density at radius 3 is 2.56 bits per heavy atom. The second-order valence-corrected chi connectivity index (χ2v) is 4.78. The molecule has 1 aromatic carbocycles. The number of aliphatic hydroxyl groups excluding tert-OH is 1. The summed E-state index contributed by atoms with van der Waals surface area (Å²) in [5, 5.41) is 11.9. The molecule has 0 radical (unpaired) electrons. The smallest absolute Gasteiger partial charge is 0.227 e. The van der Waals surface area contributed by atoms with Gasteiger partial charge in [0, 0.05) is 13.2 Å². The minimum atomic E-state index is -0.0814. The van der Waals surface area contributed by atoms with Crippen molar-refractivity contribution in [2.24, 2.45) is 5.92 Å². The summed E-state index contributed by atoms with van der Waals surface area (Å²) in [7, 11) is 0. The molecule has 0 spiro atoms. The molecule has 0 aliphatic heterocycles. The maximum Gasteiger partial charge on any atom is 0.227 e. The lowest BCUT2D eigenvalue weighted by atomic mass is 9.93. The van der Waals surface area contributed by atoms with E-state index in [4.69, 9.17) is 5.11 Å². The number of hydrogen-bond donors (Lipinski definition) is 2. The standard InChI is InChI=1S/C15H23NO2/c1-3-7-14(13-8-5-4-6-9-13)15(18)16-10-12(2)11-17/h4-6,8-9,12,14,17H,3,7,10-11H2,1-2H3,(H,16,18)/t12-,14-/m1/s1. The van der Waals surface area contributed by atoms with Crippen LogP contribution in [0.3, 0.4) is 0 Å². The van der Waals surface area contributed by atoms with Gasteiger partial charge in [0.2, 0.25) is 5.91 Å². The summed E-state index contributed by atoms with van der Waals surface area (Å²) in [6.07, 6.45) is 1.83. The van der Waals surface area contributed by atoms with Gasteiger partial charge in [0.05, 0.1) is 5.92 Å². The Bertz CT molecular complexity index is 351. The molecule has 3 heteroatoms. The highest BCUT2D eigenvalue weighted by molar-refractivity contribution is 5.83. The monoisotopic (exact) mass is 249 g/mol. The number of carbonyl (C=O) groups is 1. The van der Waals surface area contributed by atoms with E-state index in [-0.39, 0.29) is 24.3 Å². The molecule has 18 heavy (non-hydrogen) atoms.